The number of hydrogen-bond acceptors (Lipinski definition) is 3. The maximum absolute atomic E-state index is 6.10. The molecule has 2 nitrogen and oxygen atoms in total. The molecule has 1 unspecified atom stereocenters. The van der Waals surface area contributed by atoms with Crippen molar-refractivity contribution < 1.29 is 4.74 Å². The van der Waals surface area contributed by atoms with Crippen molar-refractivity contribution >= 4 is 34.5 Å². The third-order valence-electron chi connectivity index (χ3n) is 2.93. The zero-order valence-corrected chi connectivity index (χ0v) is 13.3. The van der Waals surface area contributed by atoms with Crippen molar-refractivity contribution in [2.75, 3.05) is 26.8 Å². The predicted molar refractivity (Wildman–Crippen MR) is 81.2 cm³/mol. The van der Waals surface area contributed by atoms with Gasteiger partial charge in [0, 0.05) is 13.7 Å². The van der Waals surface area contributed by atoms with Crippen LogP contribution < -0.4 is 5.32 Å². The zero-order chi connectivity index (χ0) is 13.4. The van der Waals surface area contributed by atoms with E-state index in [9.17, 15) is 0 Å². The van der Waals surface area contributed by atoms with E-state index in [-0.39, 0.29) is 0 Å². The average molecular weight is 310 g/mol. The number of ether oxygens (including phenoxy) is 1. The van der Waals surface area contributed by atoms with Gasteiger partial charge in [0.15, 0.2) is 0 Å². The molecule has 0 amide bonds. The molecule has 0 bridgehead atoms. The summed E-state index contributed by atoms with van der Waals surface area (Å²) >= 11 is 13.5. The van der Waals surface area contributed by atoms with Crippen molar-refractivity contribution in [2.24, 2.45) is 5.92 Å². The Morgan fingerprint density at radius 1 is 1.33 bits per heavy atom. The second-order valence-electron chi connectivity index (χ2n) is 4.52. The van der Waals surface area contributed by atoms with Gasteiger partial charge in [-0.15, -0.1) is 11.3 Å². The van der Waals surface area contributed by atoms with E-state index >= 15 is 0 Å². The number of aryl methyl sites for hydroxylation is 1. The molecule has 0 aliphatic heterocycles. The van der Waals surface area contributed by atoms with Gasteiger partial charge in [-0.3, -0.25) is 0 Å². The van der Waals surface area contributed by atoms with E-state index < -0.39 is 0 Å². The van der Waals surface area contributed by atoms with Gasteiger partial charge in [-0.1, -0.05) is 30.1 Å². The number of thiophene rings is 1. The molecule has 1 aromatic heterocycles. The molecule has 0 aliphatic carbocycles. The lowest BCUT2D eigenvalue weighted by molar-refractivity contribution is 0.199. The SMILES string of the molecule is COCCNCCC(C)CCc1cc(Cl)sc1Cl. The molecule has 1 heterocycles. The summed E-state index contributed by atoms with van der Waals surface area (Å²) in [6, 6.07) is 1.98. The third-order valence-corrected chi connectivity index (χ3v) is 4.50. The van der Waals surface area contributed by atoms with Gasteiger partial charge in [0.1, 0.15) is 0 Å². The normalized spacial score (nSPS) is 12.9. The highest BCUT2D eigenvalue weighted by molar-refractivity contribution is 7.20. The Bertz CT molecular complexity index is 344. The topological polar surface area (TPSA) is 21.3 Å². The Labute approximate surface area is 124 Å². The maximum atomic E-state index is 6.10. The molecule has 0 saturated carbocycles. The molecule has 0 aromatic carbocycles. The van der Waals surface area contributed by atoms with Crippen LogP contribution in [0.5, 0.6) is 0 Å². The zero-order valence-electron chi connectivity index (χ0n) is 11.0. The molecule has 0 fully saturated rings. The summed E-state index contributed by atoms with van der Waals surface area (Å²) in [5, 5.41) is 3.36. The third kappa shape index (κ3) is 6.39. The highest BCUT2D eigenvalue weighted by atomic mass is 35.5. The van der Waals surface area contributed by atoms with Crippen LogP contribution in [0.4, 0.5) is 0 Å². The minimum absolute atomic E-state index is 0.690. The molecule has 0 radical (unpaired) electrons. The number of hydrogen-bond donors (Lipinski definition) is 1. The van der Waals surface area contributed by atoms with Crippen molar-refractivity contribution in [2.45, 2.75) is 26.2 Å². The van der Waals surface area contributed by atoms with E-state index in [1.807, 2.05) is 6.07 Å². The summed E-state index contributed by atoms with van der Waals surface area (Å²) < 4.78 is 6.60. The molecule has 0 aliphatic rings. The largest absolute Gasteiger partial charge is 0.383 e. The minimum Gasteiger partial charge on any atom is -0.383 e. The molecular weight excluding hydrogens is 289 g/mol. The van der Waals surface area contributed by atoms with Gasteiger partial charge < -0.3 is 10.1 Å². The average Bonchev–Trinajstić information content (AvgIpc) is 2.65. The van der Waals surface area contributed by atoms with Crippen molar-refractivity contribution in [1.82, 2.24) is 5.32 Å². The van der Waals surface area contributed by atoms with Crippen LogP contribution in [0, 0.1) is 5.92 Å². The lowest BCUT2D eigenvalue weighted by Crippen LogP contribution is -2.21. The minimum atomic E-state index is 0.690. The first-order valence-electron chi connectivity index (χ1n) is 6.26. The Balaban J connectivity index is 2.13. The molecule has 0 saturated heterocycles. The lowest BCUT2D eigenvalue weighted by Gasteiger charge is -2.11. The molecule has 1 N–H and O–H groups in total. The summed E-state index contributed by atoms with van der Waals surface area (Å²) in [5.74, 6) is 0.690. The lowest BCUT2D eigenvalue weighted by atomic mass is 9.99. The van der Waals surface area contributed by atoms with Crippen LogP contribution in [0.25, 0.3) is 0 Å². The van der Waals surface area contributed by atoms with Gasteiger partial charge in [-0.2, -0.15) is 0 Å². The second-order valence-corrected chi connectivity index (χ2v) is 6.81. The van der Waals surface area contributed by atoms with Crippen LogP contribution in [0.1, 0.15) is 25.3 Å². The quantitative estimate of drug-likeness (QED) is 0.689. The first kappa shape index (κ1) is 16.3. The Kier molecular flexibility index (Phi) is 8.27. The molecule has 1 atom stereocenters. The van der Waals surface area contributed by atoms with E-state index in [1.54, 1.807) is 7.11 Å². The standard InChI is InChI=1S/C13H21Cl2NOS/c1-10(5-6-16-7-8-17-2)3-4-11-9-12(14)18-13(11)15/h9-10,16H,3-8H2,1-2H3. The summed E-state index contributed by atoms with van der Waals surface area (Å²) in [6.45, 7) is 5.02. The van der Waals surface area contributed by atoms with Gasteiger partial charge in [-0.05, 0) is 43.4 Å². The Morgan fingerprint density at radius 3 is 2.72 bits per heavy atom. The van der Waals surface area contributed by atoms with E-state index in [1.165, 1.54) is 23.3 Å². The second kappa shape index (κ2) is 9.16. The van der Waals surface area contributed by atoms with E-state index in [0.29, 0.717) is 5.92 Å². The molecular formula is C13H21Cl2NOS. The van der Waals surface area contributed by atoms with E-state index in [0.717, 1.165) is 41.2 Å². The first-order valence-corrected chi connectivity index (χ1v) is 7.84. The Hall–Kier alpha value is 0.200. The number of halogens is 2. The maximum Gasteiger partial charge on any atom is 0.0976 e. The van der Waals surface area contributed by atoms with Crippen LogP contribution in [-0.2, 0) is 11.2 Å². The van der Waals surface area contributed by atoms with Crippen LogP contribution in [-0.4, -0.2) is 26.8 Å². The number of rotatable bonds is 9. The molecule has 1 aromatic rings. The van der Waals surface area contributed by atoms with Crippen LogP contribution >= 0.6 is 34.5 Å². The summed E-state index contributed by atoms with van der Waals surface area (Å²) in [6.07, 6.45) is 3.35. The smallest absolute Gasteiger partial charge is 0.0976 e. The highest BCUT2D eigenvalue weighted by Crippen LogP contribution is 2.32. The van der Waals surface area contributed by atoms with Crippen molar-refractivity contribution in [3.05, 3.63) is 20.3 Å². The number of nitrogens with one attached hydrogen (secondary N) is 1. The highest BCUT2D eigenvalue weighted by Gasteiger charge is 2.08. The van der Waals surface area contributed by atoms with Gasteiger partial charge in [0.25, 0.3) is 0 Å². The van der Waals surface area contributed by atoms with Crippen LogP contribution in [0.3, 0.4) is 0 Å². The fraction of sp³-hybridized carbons (Fsp3) is 0.692. The fourth-order valence-electron chi connectivity index (χ4n) is 1.74. The molecule has 0 spiro atoms. The van der Waals surface area contributed by atoms with Gasteiger partial charge in [0.2, 0.25) is 0 Å². The van der Waals surface area contributed by atoms with Gasteiger partial charge in [0.05, 0.1) is 15.3 Å². The van der Waals surface area contributed by atoms with Gasteiger partial charge in [-0.25, -0.2) is 0 Å². The predicted octanol–water partition coefficient (Wildman–Crippen LogP) is 4.25. The van der Waals surface area contributed by atoms with Crippen LogP contribution in [0.2, 0.25) is 8.67 Å². The fourth-order valence-corrected chi connectivity index (χ4v) is 3.28. The summed E-state index contributed by atoms with van der Waals surface area (Å²) in [4.78, 5) is 0. The molecule has 1 rings (SSSR count). The number of methoxy groups -OCH3 is 1. The Morgan fingerprint density at radius 2 is 2.11 bits per heavy atom. The van der Waals surface area contributed by atoms with Crippen molar-refractivity contribution in [3.8, 4) is 0 Å². The van der Waals surface area contributed by atoms with Crippen LogP contribution in [0.15, 0.2) is 6.07 Å². The molecule has 18 heavy (non-hydrogen) atoms. The molecule has 104 valence electrons. The van der Waals surface area contributed by atoms with E-state index in [4.69, 9.17) is 27.9 Å². The first-order chi connectivity index (χ1) is 8.63. The molecule has 5 heteroatoms. The van der Waals surface area contributed by atoms with Crippen molar-refractivity contribution in [1.29, 1.82) is 0 Å². The van der Waals surface area contributed by atoms with Crippen molar-refractivity contribution in [3.63, 3.8) is 0 Å². The van der Waals surface area contributed by atoms with E-state index in [2.05, 4.69) is 12.2 Å². The summed E-state index contributed by atoms with van der Waals surface area (Å²) in [5.41, 5.74) is 1.19. The summed E-state index contributed by atoms with van der Waals surface area (Å²) in [7, 11) is 1.72. The monoisotopic (exact) mass is 309 g/mol. The van der Waals surface area contributed by atoms with Gasteiger partial charge >= 0.3 is 0 Å².